The molecule has 31 heavy (non-hydrogen) atoms. The molecule has 0 spiro atoms. The first-order valence-electron chi connectivity index (χ1n) is 9.72. The smallest absolute Gasteiger partial charge is 0.291 e. The molecule has 3 aromatic rings. The van der Waals surface area contributed by atoms with Crippen molar-refractivity contribution in [2.75, 3.05) is 11.2 Å². The second kappa shape index (κ2) is 8.31. The number of carbonyl (C=O) groups excluding carboxylic acids is 1. The van der Waals surface area contributed by atoms with E-state index in [0.29, 0.717) is 40.5 Å². The average Bonchev–Trinajstić information content (AvgIpc) is 2.77. The number of aromatic amines is 1. The van der Waals surface area contributed by atoms with Crippen LogP contribution in [0.1, 0.15) is 31.5 Å². The summed E-state index contributed by atoms with van der Waals surface area (Å²) < 4.78 is 1.54. The molecule has 0 fully saturated rings. The topological polar surface area (TPSA) is 113 Å². The van der Waals surface area contributed by atoms with Crippen LogP contribution in [0.5, 0.6) is 0 Å². The van der Waals surface area contributed by atoms with E-state index in [0.717, 1.165) is 0 Å². The first-order valence-corrected chi connectivity index (χ1v) is 10.9. The van der Waals surface area contributed by atoms with Gasteiger partial charge in [0.1, 0.15) is 0 Å². The number of non-ortho nitro benzene ring substituents is 1. The summed E-state index contributed by atoms with van der Waals surface area (Å²) in [4.78, 5) is 41.3. The van der Waals surface area contributed by atoms with Crippen molar-refractivity contribution in [3.63, 3.8) is 0 Å². The average molecular weight is 438 g/mol. The number of nitro groups is 1. The highest BCUT2D eigenvalue weighted by molar-refractivity contribution is 7.98. The van der Waals surface area contributed by atoms with Crippen molar-refractivity contribution in [3.05, 3.63) is 74.6 Å². The molecule has 0 unspecified atom stereocenters. The third-order valence-electron chi connectivity index (χ3n) is 5.09. The maximum atomic E-state index is 13.3. The van der Waals surface area contributed by atoms with Crippen LogP contribution in [0.15, 0.2) is 58.5 Å². The number of hydrogen-bond acceptors (Lipinski definition) is 6. The maximum Gasteiger partial charge on any atom is 0.325 e. The quantitative estimate of drug-likeness (QED) is 0.284. The number of thioether (sulfide) groups is 1. The molecule has 1 N–H and O–H groups in total. The summed E-state index contributed by atoms with van der Waals surface area (Å²) in [6, 6.07) is 13.2. The Hall–Kier alpha value is -3.53. The van der Waals surface area contributed by atoms with Crippen LogP contribution < -0.4 is 15.1 Å². The minimum Gasteiger partial charge on any atom is -0.291 e. The predicted octanol–water partition coefficient (Wildman–Crippen LogP) is 3.05. The number of rotatable bonds is 5. The largest absolute Gasteiger partial charge is 0.325 e. The highest BCUT2D eigenvalue weighted by atomic mass is 32.2. The number of anilines is 1. The van der Waals surface area contributed by atoms with Gasteiger partial charge in [0, 0.05) is 29.2 Å². The molecule has 0 aliphatic carbocycles. The minimum atomic E-state index is -0.752. The lowest BCUT2D eigenvalue weighted by Crippen LogP contribution is -2.60. The van der Waals surface area contributed by atoms with Gasteiger partial charge in [0.15, 0.2) is 0 Å². The Balaban J connectivity index is 2.02. The van der Waals surface area contributed by atoms with Gasteiger partial charge in [-0.3, -0.25) is 24.7 Å². The van der Waals surface area contributed by atoms with Gasteiger partial charge in [-0.05, 0) is 41.6 Å². The van der Waals surface area contributed by atoms with Crippen molar-refractivity contribution in [2.45, 2.75) is 31.1 Å². The zero-order chi connectivity index (χ0) is 22.1. The lowest BCUT2D eigenvalue weighted by Gasteiger charge is -2.32. The van der Waals surface area contributed by atoms with Gasteiger partial charge < -0.3 is 0 Å². The number of nitrogens with zero attached hydrogens (tertiary/aromatic N) is 4. The van der Waals surface area contributed by atoms with Crippen molar-refractivity contribution in [3.8, 4) is 11.3 Å². The Morgan fingerprint density at radius 2 is 1.97 bits per heavy atom. The number of nitrogens with one attached hydrogen (secondary N) is 1. The van der Waals surface area contributed by atoms with Gasteiger partial charge in [-0.2, -0.15) is 0 Å². The van der Waals surface area contributed by atoms with Crippen LogP contribution >= 0.6 is 11.8 Å². The molecular weight excluding hydrogens is 418 g/mol. The first-order chi connectivity index (χ1) is 15.0. The molecule has 0 bridgehead atoms. The summed E-state index contributed by atoms with van der Waals surface area (Å²) in [7, 11) is 0. The standard InChI is InChI=1S/C21H19N5O4S/c1-3-6-17(27)24-16-8-5-4-7-15(16)18-19(28)22-21(31-2)23-25(18)20(24)13-9-11-14(12-10-13)26(29)30/h4-5,7-12,20H,3,6H2,1-2H3/p+1/t20-/m0/s1. The first kappa shape index (κ1) is 20.7. The van der Waals surface area contributed by atoms with E-state index in [4.69, 9.17) is 0 Å². The van der Waals surface area contributed by atoms with Gasteiger partial charge in [0.25, 0.3) is 11.9 Å². The molecule has 4 rings (SSSR count). The molecule has 158 valence electrons. The number of fused-ring (bicyclic) bond motifs is 3. The molecule has 1 aliphatic rings. The second-order valence-electron chi connectivity index (χ2n) is 7.01. The van der Waals surface area contributed by atoms with Crippen molar-refractivity contribution >= 4 is 29.0 Å². The Bertz CT molecular complexity index is 1230. The monoisotopic (exact) mass is 438 g/mol. The normalized spacial score (nSPS) is 14.6. The number of benzene rings is 2. The number of amides is 1. The maximum absolute atomic E-state index is 13.3. The molecule has 9 nitrogen and oxygen atoms in total. The van der Waals surface area contributed by atoms with Gasteiger partial charge in [0.05, 0.1) is 16.2 Å². The molecular formula is C21H20N5O4S+. The van der Waals surface area contributed by atoms with Gasteiger partial charge in [-0.15, -0.1) is 0 Å². The van der Waals surface area contributed by atoms with Crippen LogP contribution in [0, 0.1) is 10.1 Å². The summed E-state index contributed by atoms with van der Waals surface area (Å²) in [5.41, 5.74) is 1.78. The zero-order valence-corrected chi connectivity index (χ0v) is 17.8. The Morgan fingerprint density at radius 1 is 1.26 bits per heavy atom. The SMILES string of the molecule is CCCC(=O)N1c2ccccc2-c2c(=O)[nH]c(SC)n[n+]2[C@H]1c1ccc([N+](=O)[O-])cc1. The third-order valence-corrected chi connectivity index (χ3v) is 5.66. The fraction of sp³-hybridized carbons (Fsp3) is 0.238. The van der Waals surface area contributed by atoms with Gasteiger partial charge >= 0.3 is 11.3 Å². The van der Waals surface area contributed by atoms with E-state index in [2.05, 4.69) is 10.1 Å². The predicted molar refractivity (Wildman–Crippen MR) is 116 cm³/mol. The number of aromatic nitrogens is 3. The third kappa shape index (κ3) is 3.59. The second-order valence-corrected chi connectivity index (χ2v) is 7.80. The Labute approximate surface area is 181 Å². The van der Waals surface area contributed by atoms with E-state index < -0.39 is 11.1 Å². The van der Waals surface area contributed by atoms with E-state index in [1.807, 2.05) is 13.0 Å². The van der Waals surface area contributed by atoms with E-state index in [9.17, 15) is 19.7 Å². The van der Waals surface area contributed by atoms with Crippen LogP contribution in [0.25, 0.3) is 11.3 Å². The molecule has 2 aromatic carbocycles. The Morgan fingerprint density at radius 3 is 2.61 bits per heavy atom. The molecule has 0 saturated heterocycles. The minimum absolute atomic E-state index is 0.0553. The van der Waals surface area contributed by atoms with Gasteiger partial charge in [0.2, 0.25) is 11.1 Å². The molecule has 2 heterocycles. The molecule has 1 aromatic heterocycles. The Kier molecular flexibility index (Phi) is 5.55. The summed E-state index contributed by atoms with van der Waals surface area (Å²) in [6.07, 6.45) is 2.01. The highest BCUT2D eigenvalue weighted by Gasteiger charge is 2.45. The van der Waals surface area contributed by atoms with Crippen LogP contribution in [0.2, 0.25) is 0 Å². The summed E-state index contributed by atoms with van der Waals surface area (Å²) in [5, 5.41) is 16.1. The number of H-pyrrole nitrogens is 1. The highest BCUT2D eigenvalue weighted by Crippen LogP contribution is 2.37. The van der Waals surface area contributed by atoms with Crippen molar-refractivity contribution in [1.82, 2.24) is 10.1 Å². The molecule has 10 heteroatoms. The summed E-state index contributed by atoms with van der Waals surface area (Å²) in [6.45, 7) is 1.92. The van der Waals surface area contributed by atoms with E-state index in [1.165, 1.54) is 23.9 Å². The van der Waals surface area contributed by atoms with Crippen LogP contribution in [-0.4, -0.2) is 27.2 Å². The van der Waals surface area contributed by atoms with Crippen molar-refractivity contribution < 1.29 is 14.4 Å². The molecule has 0 radical (unpaired) electrons. The number of nitro benzene ring substituents is 1. The van der Waals surface area contributed by atoms with E-state index in [1.54, 1.807) is 46.2 Å². The van der Waals surface area contributed by atoms with Crippen molar-refractivity contribution in [2.24, 2.45) is 0 Å². The zero-order valence-electron chi connectivity index (χ0n) is 16.9. The number of carbonyl (C=O) groups is 1. The molecule has 1 amide bonds. The van der Waals surface area contributed by atoms with Crippen LogP contribution in [0.3, 0.4) is 0 Å². The van der Waals surface area contributed by atoms with Crippen LogP contribution in [0.4, 0.5) is 11.4 Å². The fourth-order valence-corrected chi connectivity index (χ4v) is 4.10. The molecule has 1 aliphatic heterocycles. The fourth-order valence-electron chi connectivity index (χ4n) is 3.74. The summed E-state index contributed by atoms with van der Waals surface area (Å²) in [5.74, 6) is -0.121. The van der Waals surface area contributed by atoms with Crippen LogP contribution in [-0.2, 0) is 4.79 Å². The van der Waals surface area contributed by atoms with E-state index in [-0.39, 0.29) is 17.2 Å². The van der Waals surface area contributed by atoms with Crippen molar-refractivity contribution in [1.29, 1.82) is 0 Å². The molecule has 1 atom stereocenters. The molecule has 0 saturated carbocycles. The van der Waals surface area contributed by atoms with Gasteiger partial charge in [-0.1, -0.05) is 30.8 Å². The lowest BCUT2D eigenvalue weighted by molar-refractivity contribution is -0.763. The number of para-hydroxylation sites is 1. The lowest BCUT2D eigenvalue weighted by atomic mass is 10.0. The van der Waals surface area contributed by atoms with E-state index >= 15 is 0 Å². The summed E-state index contributed by atoms with van der Waals surface area (Å²) >= 11 is 1.28. The number of hydrogen-bond donors (Lipinski definition) is 1. The van der Waals surface area contributed by atoms with Gasteiger partial charge in [-0.25, -0.2) is 4.90 Å².